The molecular formula is C19H22N2O4S. The Morgan fingerprint density at radius 2 is 1.58 bits per heavy atom. The number of hydrogen-bond donors (Lipinski definition) is 1. The molecule has 0 bridgehead atoms. The number of carbonyl (C=O) groups excluding carboxylic acids is 1. The minimum Gasteiger partial charge on any atom is -0.497 e. The molecule has 2 aromatic rings. The lowest BCUT2D eigenvalue weighted by Gasteiger charge is -2.25. The van der Waals surface area contributed by atoms with Gasteiger partial charge in [-0.15, -0.1) is 0 Å². The van der Waals surface area contributed by atoms with Crippen molar-refractivity contribution in [2.45, 2.75) is 24.2 Å². The highest BCUT2D eigenvalue weighted by atomic mass is 32.2. The number of nitrogens with zero attached hydrogens (tertiary/aromatic N) is 1. The highest BCUT2D eigenvalue weighted by molar-refractivity contribution is 7.89. The summed E-state index contributed by atoms with van der Waals surface area (Å²) < 4.78 is 31.9. The highest BCUT2D eigenvalue weighted by Crippen LogP contribution is 2.21. The van der Waals surface area contributed by atoms with Crippen LogP contribution >= 0.6 is 0 Å². The van der Waals surface area contributed by atoms with E-state index in [9.17, 15) is 13.2 Å². The molecule has 0 saturated carbocycles. The quantitative estimate of drug-likeness (QED) is 0.872. The van der Waals surface area contributed by atoms with Crippen molar-refractivity contribution in [3.05, 3.63) is 54.1 Å². The summed E-state index contributed by atoms with van der Waals surface area (Å²) in [7, 11) is -1.91. The summed E-state index contributed by atoms with van der Waals surface area (Å²) in [5.41, 5.74) is 1.04. The fourth-order valence-electron chi connectivity index (χ4n) is 2.91. The maximum atomic E-state index is 12.6. The van der Waals surface area contributed by atoms with E-state index < -0.39 is 10.0 Å². The number of benzene rings is 2. The topological polar surface area (TPSA) is 75.7 Å². The van der Waals surface area contributed by atoms with Gasteiger partial charge in [0.25, 0.3) is 5.91 Å². The molecule has 1 aliphatic heterocycles. The maximum absolute atomic E-state index is 12.6. The van der Waals surface area contributed by atoms with Crippen LogP contribution in [0, 0.1) is 0 Å². The largest absolute Gasteiger partial charge is 0.497 e. The van der Waals surface area contributed by atoms with Gasteiger partial charge in [-0.1, -0.05) is 6.42 Å². The molecule has 0 spiro atoms. The van der Waals surface area contributed by atoms with Crippen molar-refractivity contribution in [3.8, 4) is 5.75 Å². The lowest BCUT2D eigenvalue weighted by atomic mass is 10.2. The fraction of sp³-hybridized carbons (Fsp3) is 0.316. The molecule has 1 N–H and O–H groups in total. The third-order valence-electron chi connectivity index (χ3n) is 4.42. The molecule has 0 aliphatic carbocycles. The Labute approximate surface area is 153 Å². The van der Waals surface area contributed by atoms with Gasteiger partial charge in [0.15, 0.2) is 0 Å². The first kappa shape index (κ1) is 18.4. The Balaban J connectivity index is 1.70. The van der Waals surface area contributed by atoms with Gasteiger partial charge in [0.1, 0.15) is 5.75 Å². The molecule has 138 valence electrons. The van der Waals surface area contributed by atoms with Gasteiger partial charge >= 0.3 is 0 Å². The second-order valence-electron chi connectivity index (χ2n) is 6.17. The second kappa shape index (κ2) is 7.88. The average molecular weight is 374 g/mol. The van der Waals surface area contributed by atoms with E-state index in [1.165, 1.54) is 28.6 Å². The van der Waals surface area contributed by atoms with Crippen molar-refractivity contribution >= 4 is 21.6 Å². The number of anilines is 1. The zero-order valence-electron chi connectivity index (χ0n) is 14.6. The Kier molecular flexibility index (Phi) is 5.58. The van der Waals surface area contributed by atoms with Crippen LogP contribution in [0.2, 0.25) is 0 Å². The third kappa shape index (κ3) is 4.05. The number of sulfonamides is 1. The van der Waals surface area contributed by atoms with Gasteiger partial charge in [-0.25, -0.2) is 8.42 Å². The minimum absolute atomic E-state index is 0.223. The molecule has 7 heteroatoms. The number of methoxy groups -OCH3 is 1. The molecule has 6 nitrogen and oxygen atoms in total. The van der Waals surface area contributed by atoms with Gasteiger partial charge in [-0.05, 0) is 61.4 Å². The van der Waals surface area contributed by atoms with Crippen LogP contribution in [0.3, 0.4) is 0 Å². The lowest BCUT2D eigenvalue weighted by molar-refractivity contribution is 0.102. The van der Waals surface area contributed by atoms with Crippen LogP contribution in [-0.2, 0) is 10.0 Å². The van der Waals surface area contributed by atoms with Gasteiger partial charge < -0.3 is 10.1 Å². The first-order valence-corrected chi connectivity index (χ1v) is 10.0. The minimum atomic E-state index is -3.48. The van der Waals surface area contributed by atoms with Crippen LogP contribution in [0.25, 0.3) is 0 Å². The Bertz CT molecular complexity index is 855. The summed E-state index contributed by atoms with van der Waals surface area (Å²) in [6, 6.07) is 13.1. The van der Waals surface area contributed by atoms with Crippen molar-refractivity contribution in [1.82, 2.24) is 4.31 Å². The van der Waals surface area contributed by atoms with E-state index in [0.29, 0.717) is 30.1 Å². The summed E-state index contributed by atoms with van der Waals surface area (Å²) >= 11 is 0. The van der Waals surface area contributed by atoms with Crippen LogP contribution in [0.15, 0.2) is 53.4 Å². The number of carbonyl (C=O) groups is 1. The zero-order valence-corrected chi connectivity index (χ0v) is 15.5. The number of amides is 1. The van der Waals surface area contributed by atoms with E-state index in [1.807, 2.05) is 0 Å². The van der Waals surface area contributed by atoms with E-state index in [4.69, 9.17) is 4.74 Å². The number of ether oxygens (including phenoxy) is 1. The Morgan fingerprint density at radius 1 is 0.962 bits per heavy atom. The van der Waals surface area contributed by atoms with Crippen LogP contribution in [0.1, 0.15) is 29.6 Å². The molecule has 1 saturated heterocycles. The molecule has 1 fully saturated rings. The molecule has 2 aromatic carbocycles. The molecule has 0 aromatic heterocycles. The van der Waals surface area contributed by atoms with Crippen molar-refractivity contribution in [1.29, 1.82) is 0 Å². The fourth-order valence-corrected chi connectivity index (χ4v) is 4.43. The molecule has 0 atom stereocenters. The molecule has 0 radical (unpaired) electrons. The van der Waals surface area contributed by atoms with Gasteiger partial charge in [0.2, 0.25) is 10.0 Å². The summed E-state index contributed by atoms with van der Waals surface area (Å²) in [5, 5.41) is 2.78. The smallest absolute Gasteiger partial charge is 0.255 e. The van der Waals surface area contributed by atoms with Gasteiger partial charge in [0, 0.05) is 24.3 Å². The van der Waals surface area contributed by atoms with Crippen molar-refractivity contribution < 1.29 is 17.9 Å². The second-order valence-corrected chi connectivity index (χ2v) is 8.11. The first-order valence-electron chi connectivity index (χ1n) is 8.56. The molecule has 1 heterocycles. The zero-order chi connectivity index (χ0) is 18.6. The molecular weight excluding hydrogens is 352 g/mol. The molecule has 3 rings (SSSR count). The lowest BCUT2D eigenvalue weighted by Crippen LogP contribution is -2.35. The molecule has 1 amide bonds. The van der Waals surface area contributed by atoms with E-state index in [1.54, 1.807) is 31.4 Å². The van der Waals surface area contributed by atoms with Gasteiger partial charge in [-0.2, -0.15) is 4.31 Å². The summed E-state index contributed by atoms with van der Waals surface area (Å²) in [5.74, 6) is 0.410. The van der Waals surface area contributed by atoms with Crippen LogP contribution in [0.4, 0.5) is 5.69 Å². The third-order valence-corrected chi connectivity index (χ3v) is 6.33. The van der Waals surface area contributed by atoms with Crippen LogP contribution < -0.4 is 10.1 Å². The van der Waals surface area contributed by atoms with E-state index in [-0.39, 0.29) is 10.8 Å². The highest BCUT2D eigenvalue weighted by Gasteiger charge is 2.25. The predicted molar refractivity (Wildman–Crippen MR) is 100.0 cm³/mol. The number of piperidine rings is 1. The summed E-state index contributed by atoms with van der Waals surface area (Å²) in [6.07, 6.45) is 2.85. The monoisotopic (exact) mass is 374 g/mol. The van der Waals surface area contributed by atoms with Crippen molar-refractivity contribution in [2.75, 3.05) is 25.5 Å². The number of nitrogens with one attached hydrogen (secondary N) is 1. The predicted octanol–water partition coefficient (Wildman–Crippen LogP) is 3.12. The molecule has 0 unspecified atom stereocenters. The van der Waals surface area contributed by atoms with E-state index in [0.717, 1.165) is 19.3 Å². The summed E-state index contributed by atoms with van der Waals surface area (Å²) in [6.45, 7) is 1.12. The molecule has 1 aliphatic rings. The SMILES string of the molecule is COc1ccc(NC(=O)c2ccc(S(=O)(=O)N3CCCCC3)cc2)cc1. The average Bonchev–Trinajstić information content (AvgIpc) is 2.69. The van der Waals surface area contributed by atoms with Gasteiger partial charge in [-0.3, -0.25) is 4.79 Å². The summed E-state index contributed by atoms with van der Waals surface area (Å²) in [4.78, 5) is 12.6. The van der Waals surface area contributed by atoms with Crippen molar-refractivity contribution in [3.63, 3.8) is 0 Å². The Hall–Kier alpha value is -2.38. The maximum Gasteiger partial charge on any atom is 0.255 e. The van der Waals surface area contributed by atoms with Gasteiger partial charge in [0.05, 0.1) is 12.0 Å². The van der Waals surface area contributed by atoms with Crippen molar-refractivity contribution in [2.24, 2.45) is 0 Å². The van der Waals surface area contributed by atoms with E-state index >= 15 is 0 Å². The first-order chi connectivity index (χ1) is 12.5. The molecule has 26 heavy (non-hydrogen) atoms. The number of hydrogen-bond acceptors (Lipinski definition) is 4. The normalized spacial score (nSPS) is 15.4. The van der Waals surface area contributed by atoms with E-state index in [2.05, 4.69) is 5.32 Å². The number of rotatable bonds is 5. The Morgan fingerprint density at radius 3 is 2.15 bits per heavy atom. The van der Waals surface area contributed by atoms with Crippen LogP contribution in [0.5, 0.6) is 5.75 Å². The van der Waals surface area contributed by atoms with Crippen LogP contribution in [-0.4, -0.2) is 38.8 Å². The standard InChI is InChI=1S/C19H22N2O4S/c1-25-17-9-7-16(8-10-17)20-19(22)15-5-11-18(12-6-15)26(23,24)21-13-3-2-4-14-21/h5-12H,2-4,13-14H2,1H3,(H,20,22).